The van der Waals surface area contributed by atoms with Crippen LogP contribution in [-0.4, -0.2) is 20.3 Å². The maximum atomic E-state index is 5.56. The zero-order valence-corrected chi connectivity index (χ0v) is 14.0. The van der Waals surface area contributed by atoms with Crippen LogP contribution < -0.4 is 5.73 Å². The van der Waals surface area contributed by atoms with Crippen LogP contribution in [0.4, 0.5) is 0 Å². The van der Waals surface area contributed by atoms with Crippen LogP contribution in [-0.2, 0) is 4.74 Å². The van der Waals surface area contributed by atoms with Crippen LogP contribution in [0.1, 0.15) is 84.0 Å². The van der Waals surface area contributed by atoms with Crippen LogP contribution in [0.5, 0.6) is 0 Å². The Morgan fingerprint density at radius 2 is 1.50 bits per heavy atom. The fourth-order valence-corrected chi connectivity index (χ4v) is 2.51. The minimum absolute atomic E-state index is 0.775. The standard InChI is InChI=1S/C18H37NO/c1-3-4-5-6-7-8-9-10-11-12-14-18(17-20-2)15-13-16-19/h14H,3-13,15-17,19H2,1-2H3/b18-14-. The highest BCUT2D eigenvalue weighted by Gasteiger charge is 1.97. The van der Waals surface area contributed by atoms with E-state index in [0.29, 0.717) is 0 Å². The molecule has 0 atom stereocenters. The van der Waals surface area contributed by atoms with Crippen molar-refractivity contribution in [1.29, 1.82) is 0 Å². The lowest BCUT2D eigenvalue weighted by Gasteiger charge is -2.06. The summed E-state index contributed by atoms with van der Waals surface area (Å²) in [5.41, 5.74) is 6.99. The highest BCUT2D eigenvalue weighted by atomic mass is 16.5. The summed E-state index contributed by atoms with van der Waals surface area (Å²) in [6.07, 6.45) is 18.3. The van der Waals surface area contributed by atoms with Gasteiger partial charge < -0.3 is 10.5 Å². The zero-order valence-electron chi connectivity index (χ0n) is 14.0. The van der Waals surface area contributed by atoms with E-state index in [1.54, 1.807) is 7.11 Å². The summed E-state index contributed by atoms with van der Waals surface area (Å²) in [7, 11) is 1.77. The Labute approximate surface area is 127 Å². The highest BCUT2D eigenvalue weighted by molar-refractivity contribution is 5.02. The average molecular weight is 283 g/mol. The third-order valence-electron chi connectivity index (χ3n) is 3.77. The fraction of sp³-hybridized carbons (Fsp3) is 0.889. The van der Waals surface area contributed by atoms with Gasteiger partial charge in [0.15, 0.2) is 0 Å². The smallest absolute Gasteiger partial charge is 0.0673 e. The minimum Gasteiger partial charge on any atom is -0.380 e. The summed E-state index contributed by atoms with van der Waals surface area (Å²) in [5.74, 6) is 0. The minimum atomic E-state index is 0.775. The van der Waals surface area contributed by atoms with E-state index in [1.165, 1.54) is 69.8 Å². The van der Waals surface area contributed by atoms with Gasteiger partial charge in [-0.15, -0.1) is 0 Å². The first-order chi connectivity index (χ1) is 9.85. The van der Waals surface area contributed by atoms with Crippen LogP contribution in [0, 0.1) is 0 Å². The van der Waals surface area contributed by atoms with Crippen molar-refractivity contribution in [3.63, 3.8) is 0 Å². The Balaban J connectivity index is 3.42. The predicted molar refractivity (Wildman–Crippen MR) is 90.1 cm³/mol. The van der Waals surface area contributed by atoms with Gasteiger partial charge in [-0.05, 0) is 37.8 Å². The van der Waals surface area contributed by atoms with Crippen molar-refractivity contribution in [3.05, 3.63) is 11.6 Å². The second-order valence-corrected chi connectivity index (χ2v) is 5.80. The number of nitrogens with two attached hydrogens (primary N) is 1. The lowest BCUT2D eigenvalue weighted by molar-refractivity contribution is 0.222. The van der Waals surface area contributed by atoms with Gasteiger partial charge in [0.1, 0.15) is 0 Å². The molecule has 0 rings (SSSR count). The summed E-state index contributed by atoms with van der Waals surface area (Å²) < 4.78 is 5.23. The topological polar surface area (TPSA) is 35.2 Å². The van der Waals surface area contributed by atoms with Crippen molar-refractivity contribution < 1.29 is 4.74 Å². The lowest BCUT2D eigenvalue weighted by Crippen LogP contribution is -2.02. The van der Waals surface area contributed by atoms with Crippen molar-refractivity contribution in [2.75, 3.05) is 20.3 Å². The first-order valence-corrected chi connectivity index (χ1v) is 8.72. The molecule has 0 heterocycles. The fourth-order valence-electron chi connectivity index (χ4n) is 2.51. The molecule has 0 aromatic rings. The zero-order chi connectivity index (χ0) is 14.9. The number of methoxy groups -OCH3 is 1. The summed E-state index contributed by atoms with van der Waals surface area (Å²) in [4.78, 5) is 0. The molecule has 0 bridgehead atoms. The summed E-state index contributed by atoms with van der Waals surface area (Å²) in [5, 5.41) is 0. The molecule has 0 spiro atoms. The van der Waals surface area contributed by atoms with Crippen molar-refractivity contribution in [2.24, 2.45) is 5.73 Å². The second-order valence-electron chi connectivity index (χ2n) is 5.80. The molecule has 2 nitrogen and oxygen atoms in total. The van der Waals surface area contributed by atoms with E-state index in [0.717, 1.165) is 26.0 Å². The van der Waals surface area contributed by atoms with Gasteiger partial charge in [-0.2, -0.15) is 0 Å². The highest BCUT2D eigenvalue weighted by Crippen LogP contribution is 2.12. The normalized spacial score (nSPS) is 12.1. The van der Waals surface area contributed by atoms with Gasteiger partial charge in [0.2, 0.25) is 0 Å². The number of ether oxygens (including phenoxy) is 1. The molecule has 0 aromatic carbocycles. The van der Waals surface area contributed by atoms with Crippen molar-refractivity contribution in [2.45, 2.75) is 84.0 Å². The van der Waals surface area contributed by atoms with Gasteiger partial charge in [0, 0.05) is 7.11 Å². The number of hydrogen-bond donors (Lipinski definition) is 1. The van der Waals surface area contributed by atoms with Crippen LogP contribution in [0.25, 0.3) is 0 Å². The van der Waals surface area contributed by atoms with Gasteiger partial charge in [-0.25, -0.2) is 0 Å². The van der Waals surface area contributed by atoms with Crippen LogP contribution in [0.2, 0.25) is 0 Å². The van der Waals surface area contributed by atoms with E-state index in [9.17, 15) is 0 Å². The molecule has 0 saturated carbocycles. The van der Waals surface area contributed by atoms with E-state index in [2.05, 4.69) is 13.0 Å². The van der Waals surface area contributed by atoms with Crippen LogP contribution in [0.15, 0.2) is 11.6 Å². The molecule has 0 fully saturated rings. The van der Waals surface area contributed by atoms with Gasteiger partial charge >= 0.3 is 0 Å². The molecule has 0 saturated heterocycles. The van der Waals surface area contributed by atoms with E-state index in [1.807, 2.05) is 0 Å². The Morgan fingerprint density at radius 3 is 2.05 bits per heavy atom. The monoisotopic (exact) mass is 283 g/mol. The van der Waals surface area contributed by atoms with Gasteiger partial charge in [0.25, 0.3) is 0 Å². The molecule has 0 amide bonds. The summed E-state index contributed by atoms with van der Waals surface area (Å²) >= 11 is 0. The van der Waals surface area contributed by atoms with E-state index in [-0.39, 0.29) is 0 Å². The van der Waals surface area contributed by atoms with Crippen molar-refractivity contribution in [1.82, 2.24) is 0 Å². The third-order valence-corrected chi connectivity index (χ3v) is 3.77. The summed E-state index contributed by atoms with van der Waals surface area (Å²) in [6.45, 7) is 3.83. The molecular weight excluding hydrogens is 246 g/mol. The molecule has 0 unspecified atom stereocenters. The largest absolute Gasteiger partial charge is 0.380 e. The maximum absolute atomic E-state index is 5.56. The Kier molecular flexibility index (Phi) is 16.4. The molecule has 0 aliphatic heterocycles. The number of unbranched alkanes of at least 4 members (excludes halogenated alkanes) is 9. The molecule has 2 heteroatoms. The molecule has 0 aliphatic rings. The van der Waals surface area contributed by atoms with Gasteiger partial charge in [0.05, 0.1) is 6.61 Å². The Morgan fingerprint density at radius 1 is 0.900 bits per heavy atom. The van der Waals surface area contributed by atoms with Crippen molar-refractivity contribution >= 4 is 0 Å². The molecule has 0 radical (unpaired) electrons. The maximum Gasteiger partial charge on any atom is 0.0673 e. The van der Waals surface area contributed by atoms with E-state index in [4.69, 9.17) is 10.5 Å². The molecule has 0 aliphatic carbocycles. The van der Waals surface area contributed by atoms with Gasteiger partial charge in [-0.3, -0.25) is 0 Å². The van der Waals surface area contributed by atoms with Crippen LogP contribution >= 0.6 is 0 Å². The molecule has 120 valence electrons. The second kappa shape index (κ2) is 16.7. The summed E-state index contributed by atoms with van der Waals surface area (Å²) in [6, 6.07) is 0. The van der Waals surface area contributed by atoms with E-state index < -0.39 is 0 Å². The lowest BCUT2D eigenvalue weighted by atomic mass is 10.0. The first-order valence-electron chi connectivity index (χ1n) is 8.72. The SMILES string of the molecule is CCCCCCCCCCC/C=C(/CCCN)COC. The molecular formula is C18H37NO. The number of rotatable bonds is 15. The number of allylic oxidation sites excluding steroid dienone is 1. The van der Waals surface area contributed by atoms with Crippen molar-refractivity contribution in [3.8, 4) is 0 Å². The molecule has 0 aromatic heterocycles. The predicted octanol–water partition coefficient (Wildman–Crippen LogP) is 5.22. The van der Waals surface area contributed by atoms with Crippen LogP contribution in [0.3, 0.4) is 0 Å². The first kappa shape index (κ1) is 19.7. The number of hydrogen-bond acceptors (Lipinski definition) is 2. The third kappa shape index (κ3) is 14.1. The molecule has 2 N–H and O–H groups in total. The van der Waals surface area contributed by atoms with Gasteiger partial charge in [-0.1, -0.05) is 64.4 Å². The quantitative estimate of drug-likeness (QED) is 0.330. The average Bonchev–Trinajstić information content (AvgIpc) is 2.46. The Hall–Kier alpha value is -0.340. The van der Waals surface area contributed by atoms with E-state index >= 15 is 0 Å². The Bertz CT molecular complexity index is 213. The molecule has 20 heavy (non-hydrogen) atoms.